The smallest absolute Gasteiger partial charge is 0.407 e. The predicted octanol–water partition coefficient (Wildman–Crippen LogP) is 12.2. The number of alkyl carbamates (subject to hydrolysis) is 1. The van der Waals surface area contributed by atoms with Gasteiger partial charge in [-0.25, -0.2) is 4.79 Å². The van der Waals surface area contributed by atoms with Gasteiger partial charge in [0.15, 0.2) is 0 Å². The van der Waals surface area contributed by atoms with Crippen molar-refractivity contribution in [1.82, 2.24) is 10.2 Å². The molecule has 3 aromatic carbocycles. The first-order valence-electron chi connectivity index (χ1n) is 23.7. The Morgan fingerprint density at radius 3 is 1.78 bits per heavy atom. The highest BCUT2D eigenvalue weighted by atomic mass is 16.6. The third kappa shape index (κ3) is 20.6. The molecule has 4 rings (SSSR count). The molecule has 0 aromatic heterocycles. The minimum atomic E-state index is -0.722. The minimum Gasteiger partial charge on any atom is -0.481 e. The lowest BCUT2D eigenvalue weighted by Gasteiger charge is -2.25. The van der Waals surface area contributed by atoms with Crippen LogP contribution in [0, 0.1) is 16.7 Å². The van der Waals surface area contributed by atoms with E-state index >= 15 is 0 Å². The summed E-state index contributed by atoms with van der Waals surface area (Å²) in [6, 6.07) is 21.7. The van der Waals surface area contributed by atoms with Crippen molar-refractivity contribution in [3.05, 3.63) is 83.4 Å². The maximum atomic E-state index is 12.1. The molecule has 2 atom stereocenters. The van der Waals surface area contributed by atoms with Crippen molar-refractivity contribution in [3.63, 3.8) is 0 Å². The monoisotopic (exact) mass is 905 g/mol. The van der Waals surface area contributed by atoms with Gasteiger partial charge in [-0.3, -0.25) is 28.9 Å². The van der Waals surface area contributed by atoms with Crippen LogP contribution in [-0.4, -0.2) is 78.7 Å². The Labute approximate surface area is 389 Å². The maximum absolute atomic E-state index is 12.1. The number of nitrogens with zero attached hydrogens (tertiary/aromatic N) is 1. The number of benzene rings is 3. The zero-order valence-corrected chi connectivity index (χ0v) is 41.4. The van der Waals surface area contributed by atoms with Crippen LogP contribution in [0.5, 0.6) is 0 Å². The fraction of sp³-hybridized carbons (Fsp3) is 0.585. The van der Waals surface area contributed by atoms with E-state index in [1.54, 1.807) is 26.0 Å². The van der Waals surface area contributed by atoms with Gasteiger partial charge in [-0.15, -0.1) is 0 Å². The molecular weight excluding hydrogens is 825 g/mol. The molecule has 3 amide bonds. The van der Waals surface area contributed by atoms with Crippen molar-refractivity contribution in [2.45, 2.75) is 153 Å². The first-order valence-corrected chi connectivity index (χ1v) is 23.7. The molecule has 0 fully saturated rings. The minimum absolute atomic E-state index is 0.122. The lowest BCUT2D eigenvalue weighted by Crippen LogP contribution is -2.39. The van der Waals surface area contributed by atoms with Gasteiger partial charge in [0.2, 0.25) is 0 Å². The molecule has 362 valence electrons. The molecule has 0 bridgehead atoms. The third-order valence-corrected chi connectivity index (χ3v) is 11.9. The molecule has 0 aliphatic carbocycles. The molecule has 0 radical (unpaired) electrons. The molecule has 12 nitrogen and oxygen atoms in total. The second-order valence-corrected chi connectivity index (χ2v) is 17.7. The van der Waals surface area contributed by atoms with E-state index in [0.717, 1.165) is 42.9 Å². The van der Waals surface area contributed by atoms with Gasteiger partial charge >= 0.3 is 24.0 Å². The van der Waals surface area contributed by atoms with E-state index in [1.165, 1.54) is 23.3 Å². The standard InChI is InChI=1S/C23H43NO6.C14H11NO2.C10H14.C6H12O2/c1-6-9-13-19(7-2)18-30-20(25)14-11-10-12-16-29-22(27)24-15-17-28-21(26)23(4,5)8-3;1-2-15-13(16)10-7-3-5-9-6-4-8-11(12(9)10)14(15)17;1-3-9(2)10-7-5-4-6-8-10;1-4-6(2,3)5(7)8/h19H,6-18H2,1-5H3,(H,24,27);3-8H,2H2,1H3;4-9H,3H2,1-2H3;4H2,1-3H3,(H,7,8). The number of carbonyl (C=O) groups excluding carboxylic acids is 5. The Morgan fingerprint density at radius 1 is 0.692 bits per heavy atom. The maximum Gasteiger partial charge on any atom is 0.407 e. The lowest BCUT2D eigenvalue weighted by molar-refractivity contribution is -0.154. The summed E-state index contributed by atoms with van der Waals surface area (Å²) in [4.78, 5) is 71.0. The van der Waals surface area contributed by atoms with Crippen molar-refractivity contribution >= 4 is 46.6 Å². The molecule has 2 unspecified atom stereocenters. The van der Waals surface area contributed by atoms with Crippen LogP contribution in [0.3, 0.4) is 0 Å². The molecule has 12 heteroatoms. The molecule has 0 saturated heterocycles. The highest BCUT2D eigenvalue weighted by Crippen LogP contribution is 2.30. The summed E-state index contributed by atoms with van der Waals surface area (Å²) in [7, 11) is 0. The van der Waals surface area contributed by atoms with E-state index in [9.17, 15) is 28.8 Å². The predicted molar refractivity (Wildman–Crippen MR) is 259 cm³/mol. The largest absolute Gasteiger partial charge is 0.481 e. The second-order valence-electron chi connectivity index (χ2n) is 17.7. The summed E-state index contributed by atoms with van der Waals surface area (Å²) in [6.45, 7) is 23.0. The van der Waals surface area contributed by atoms with Crippen molar-refractivity contribution in [2.75, 3.05) is 32.9 Å². The number of unbranched alkanes of at least 4 members (excludes halogenated alkanes) is 3. The highest BCUT2D eigenvalue weighted by molar-refractivity contribution is 6.25. The van der Waals surface area contributed by atoms with Gasteiger partial charge < -0.3 is 24.6 Å². The zero-order valence-electron chi connectivity index (χ0n) is 41.4. The van der Waals surface area contributed by atoms with Crippen LogP contribution < -0.4 is 5.32 Å². The average molecular weight is 905 g/mol. The first-order chi connectivity index (χ1) is 30.8. The van der Waals surface area contributed by atoms with Crippen LogP contribution in [0.15, 0.2) is 66.7 Å². The molecule has 2 N–H and O–H groups in total. The van der Waals surface area contributed by atoms with E-state index in [2.05, 4.69) is 63.3 Å². The number of carboxylic acid groups (broad SMARTS) is 1. The number of aliphatic carboxylic acids is 1. The molecule has 0 spiro atoms. The van der Waals surface area contributed by atoms with Gasteiger partial charge in [-0.2, -0.15) is 0 Å². The second kappa shape index (κ2) is 30.8. The summed E-state index contributed by atoms with van der Waals surface area (Å²) in [6.07, 6.45) is 9.15. The van der Waals surface area contributed by atoms with Crippen LogP contribution in [0.1, 0.15) is 179 Å². The Hall–Kier alpha value is -5.26. The van der Waals surface area contributed by atoms with Gasteiger partial charge in [-0.1, -0.05) is 115 Å². The topological polar surface area (TPSA) is 166 Å². The first kappa shape index (κ1) is 57.8. The normalized spacial score (nSPS) is 12.8. The van der Waals surface area contributed by atoms with Crippen molar-refractivity contribution in [2.24, 2.45) is 16.7 Å². The van der Waals surface area contributed by atoms with Crippen LogP contribution >= 0.6 is 0 Å². The number of hydrogen-bond donors (Lipinski definition) is 2. The average Bonchev–Trinajstić information content (AvgIpc) is 3.31. The number of rotatable bonds is 22. The fourth-order valence-electron chi connectivity index (χ4n) is 6.12. The number of nitrogens with one attached hydrogen (secondary N) is 1. The Balaban J connectivity index is 0.000000497. The van der Waals surface area contributed by atoms with Gasteiger partial charge in [0.25, 0.3) is 11.8 Å². The van der Waals surface area contributed by atoms with Crippen LogP contribution in [-0.2, 0) is 28.6 Å². The summed E-state index contributed by atoms with van der Waals surface area (Å²) < 4.78 is 15.6. The molecule has 0 saturated carbocycles. The Bertz CT molecular complexity index is 1860. The summed E-state index contributed by atoms with van der Waals surface area (Å²) >= 11 is 0. The van der Waals surface area contributed by atoms with Crippen molar-refractivity contribution in [3.8, 4) is 0 Å². The van der Waals surface area contributed by atoms with Crippen molar-refractivity contribution in [1.29, 1.82) is 0 Å². The van der Waals surface area contributed by atoms with E-state index < -0.39 is 22.9 Å². The molecule has 1 heterocycles. The molecular formula is C53H80N2O10. The van der Waals surface area contributed by atoms with E-state index in [0.29, 0.717) is 68.4 Å². The summed E-state index contributed by atoms with van der Waals surface area (Å²) in [5.74, 6) is -0.360. The Morgan fingerprint density at radius 2 is 1.29 bits per heavy atom. The lowest BCUT2D eigenvalue weighted by atomic mass is 9.91. The number of hydrogen-bond acceptors (Lipinski definition) is 9. The molecule has 1 aliphatic heterocycles. The molecule has 1 aliphatic rings. The SMILES string of the molecule is CCC(C)(C)C(=O)O.CCC(C)c1ccccc1.CCCCC(CC)COC(=O)CCCCCOC(=O)NCCOC(=O)C(C)(C)CC.CCN1C(=O)c2cccc3cccc(c23)C1=O. The van der Waals surface area contributed by atoms with E-state index in [-0.39, 0.29) is 36.9 Å². The number of esters is 2. The van der Waals surface area contributed by atoms with Crippen LogP contribution in [0.4, 0.5) is 4.79 Å². The fourth-order valence-corrected chi connectivity index (χ4v) is 6.12. The Kier molecular flexibility index (Phi) is 27.4. The van der Waals surface area contributed by atoms with E-state index in [1.807, 2.05) is 58.9 Å². The van der Waals surface area contributed by atoms with E-state index in [4.69, 9.17) is 19.3 Å². The van der Waals surface area contributed by atoms with Gasteiger partial charge in [0.05, 0.1) is 30.6 Å². The summed E-state index contributed by atoms with van der Waals surface area (Å²) in [5.41, 5.74) is 1.64. The number of carboxylic acids is 1. The molecule has 3 aromatic rings. The van der Waals surface area contributed by atoms with Crippen molar-refractivity contribution < 1.29 is 48.1 Å². The quantitative estimate of drug-likeness (QED) is 0.0429. The number of ether oxygens (including phenoxy) is 3. The zero-order chi connectivity index (χ0) is 49.0. The molecule has 65 heavy (non-hydrogen) atoms. The van der Waals surface area contributed by atoms with Crippen LogP contribution in [0.2, 0.25) is 0 Å². The number of carbonyl (C=O) groups is 6. The number of amides is 3. The number of imide groups is 1. The van der Waals surface area contributed by atoms with Crippen LogP contribution in [0.25, 0.3) is 10.8 Å². The highest BCUT2D eigenvalue weighted by Gasteiger charge is 2.31. The summed E-state index contributed by atoms with van der Waals surface area (Å²) in [5, 5.41) is 12.7. The van der Waals surface area contributed by atoms with Gasteiger partial charge in [0, 0.05) is 29.5 Å². The van der Waals surface area contributed by atoms with Gasteiger partial charge in [-0.05, 0) is 114 Å². The van der Waals surface area contributed by atoms with Gasteiger partial charge in [0.1, 0.15) is 6.61 Å². The third-order valence-electron chi connectivity index (χ3n) is 11.9.